The first-order valence-corrected chi connectivity index (χ1v) is 7.81. The van der Waals surface area contributed by atoms with Crippen molar-refractivity contribution in [2.75, 3.05) is 19.7 Å². The van der Waals surface area contributed by atoms with Gasteiger partial charge in [0.1, 0.15) is 5.15 Å². The van der Waals surface area contributed by atoms with Gasteiger partial charge in [0, 0.05) is 31.7 Å². The fraction of sp³-hybridized carbons (Fsp3) is 0.786. The van der Waals surface area contributed by atoms with Crippen molar-refractivity contribution in [2.24, 2.45) is 12.9 Å². The van der Waals surface area contributed by atoms with E-state index >= 15 is 0 Å². The molecule has 6 nitrogen and oxygen atoms in total. The molecule has 120 valence electrons. The van der Waals surface area contributed by atoms with Crippen molar-refractivity contribution < 1.29 is 4.74 Å². The van der Waals surface area contributed by atoms with Gasteiger partial charge < -0.3 is 4.74 Å². The molecule has 0 bridgehead atoms. The van der Waals surface area contributed by atoms with Crippen LogP contribution in [0.5, 0.6) is 0 Å². The van der Waals surface area contributed by atoms with Crippen LogP contribution in [-0.2, 0) is 18.2 Å². The van der Waals surface area contributed by atoms with E-state index in [1.54, 1.807) is 4.68 Å². The van der Waals surface area contributed by atoms with E-state index in [0.29, 0.717) is 17.6 Å². The summed E-state index contributed by atoms with van der Waals surface area (Å²) in [5.74, 6) is 5.76. The fourth-order valence-corrected chi connectivity index (χ4v) is 3.08. The first-order valence-electron chi connectivity index (χ1n) is 7.43. The predicted octanol–water partition coefficient (Wildman–Crippen LogP) is 0.866. The Morgan fingerprint density at radius 2 is 2.24 bits per heavy atom. The van der Waals surface area contributed by atoms with Crippen molar-refractivity contribution in [2.45, 2.75) is 45.4 Å². The van der Waals surface area contributed by atoms with Gasteiger partial charge in [-0.15, -0.1) is 0 Å². The molecule has 0 saturated carbocycles. The van der Waals surface area contributed by atoms with Gasteiger partial charge >= 0.3 is 0 Å². The van der Waals surface area contributed by atoms with Crippen molar-refractivity contribution >= 4 is 11.6 Å². The van der Waals surface area contributed by atoms with E-state index in [0.717, 1.165) is 31.0 Å². The molecule has 2 unspecified atom stereocenters. The van der Waals surface area contributed by atoms with Crippen molar-refractivity contribution in [3.63, 3.8) is 0 Å². The molecule has 3 N–H and O–H groups in total. The van der Waals surface area contributed by atoms with Gasteiger partial charge in [0.15, 0.2) is 0 Å². The van der Waals surface area contributed by atoms with E-state index in [2.05, 4.69) is 29.3 Å². The molecule has 2 heterocycles. The van der Waals surface area contributed by atoms with Crippen LogP contribution in [-0.4, -0.2) is 52.6 Å². The second-order valence-electron chi connectivity index (χ2n) is 5.95. The second-order valence-corrected chi connectivity index (χ2v) is 6.31. The quantitative estimate of drug-likeness (QED) is 0.623. The lowest BCUT2D eigenvalue weighted by Crippen LogP contribution is -2.56. The maximum Gasteiger partial charge on any atom is 0.130 e. The zero-order valence-electron chi connectivity index (χ0n) is 13.3. The van der Waals surface area contributed by atoms with Crippen molar-refractivity contribution in [1.29, 1.82) is 0 Å². The lowest BCUT2D eigenvalue weighted by atomic mass is 10.0. The topological polar surface area (TPSA) is 68.3 Å². The Balaban J connectivity index is 2.09. The number of hydrogen-bond acceptors (Lipinski definition) is 5. The average molecular weight is 316 g/mol. The van der Waals surface area contributed by atoms with E-state index in [-0.39, 0.29) is 12.1 Å². The Morgan fingerprint density at radius 3 is 2.76 bits per heavy atom. The van der Waals surface area contributed by atoms with E-state index in [9.17, 15) is 0 Å². The summed E-state index contributed by atoms with van der Waals surface area (Å²) < 4.78 is 7.61. The highest BCUT2D eigenvalue weighted by atomic mass is 35.5. The molecule has 1 saturated heterocycles. The van der Waals surface area contributed by atoms with Crippen LogP contribution in [0.15, 0.2) is 0 Å². The van der Waals surface area contributed by atoms with Gasteiger partial charge in [0.05, 0.1) is 24.4 Å². The molecule has 0 spiro atoms. The van der Waals surface area contributed by atoms with E-state index in [1.165, 1.54) is 0 Å². The summed E-state index contributed by atoms with van der Waals surface area (Å²) in [6.45, 7) is 8.96. The minimum Gasteiger partial charge on any atom is -0.374 e. The van der Waals surface area contributed by atoms with Crippen LogP contribution in [0, 0.1) is 6.92 Å². The van der Waals surface area contributed by atoms with Crippen LogP contribution in [0.2, 0.25) is 5.15 Å². The molecule has 0 aromatic carbocycles. The predicted molar refractivity (Wildman–Crippen MR) is 84.2 cm³/mol. The van der Waals surface area contributed by atoms with Crippen molar-refractivity contribution in [3.8, 4) is 0 Å². The van der Waals surface area contributed by atoms with Gasteiger partial charge in [0.25, 0.3) is 0 Å². The molecule has 21 heavy (non-hydrogen) atoms. The summed E-state index contributed by atoms with van der Waals surface area (Å²) in [5.41, 5.74) is 4.87. The molecule has 1 aromatic heterocycles. The molecule has 1 aromatic rings. The SMILES string of the molecule is Cc1nn(C)c(Cl)c1CC(NN)C1CN(C(C)C)CCO1. The Hall–Kier alpha value is -0.660. The smallest absolute Gasteiger partial charge is 0.130 e. The third kappa shape index (κ3) is 3.76. The van der Waals surface area contributed by atoms with Gasteiger partial charge in [-0.1, -0.05) is 11.6 Å². The molecule has 0 amide bonds. The van der Waals surface area contributed by atoms with Crippen molar-refractivity contribution in [3.05, 3.63) is 16.4 Å². The number of hydrazine groups is 1. The molecule has 2 atom stereocenters. The summed E-state index contributed by atoms with van der Waals surface area (Å²) >= 11 is 6.31. The first-order chi connectivity index (χ1) is 9.93. The number of ether oxygens (including phenoxy) is 1. The number of morpholine rings is 1. The van der Waals surface area contributed by atoms with Crippen LogP contribution in [0.4, 0.5) is 0 Å². The number of hydrogen-bond donors (Lipinski definition) is 2. The molecular weight excluding hydrogens is 290 g/mol. The van der Waals surface area contributed by atoms with Gasteiger partial charge in [-0.25, -0.2) is 0 Å². The molecule has 1 aliphatic rings. The van der Waals surface area contributed by atoms with Crippen LogP contribution in [0.1, 0.15) is 25.1 Å². The van der Waals surface area contributed by atoms with Gasteiger partial charge in [0.2, 0.25) is 0 Å². The van der Waals surface area contributed by atoms with Crippen LogP contribution >= 0.6 is 11.6 Å². The molecule has 7 heteroatoms. The number of nitrogens with one attached hydrogen (secondary N) is 1. The number of aromatic nitrogens is 2. The number of nitrogens with two attached hydrogens (primary N) is 1. The number of halogens is 1. The molecule has 1 aliphatic heterocycles. The van der Waals surface area contributed by atoms with Gasteiger partial charge in [-0.3, -0.25) is 20.9 Å². The maximum absolute atomic E-state index is 6.31. The standard InChI is InChI=1S/C14H26ClN5O/c1-9(2)20-5-6-21-13(8-20)12(17-16)7-11-10(3)18-19(4)14(11)15/h9,12-13,17H,5-8,16H2,1-4H3. The third-order valence-electron chi connectivity index (χ3n) is 4.21. The summed E-state index contributed by atoms with van der Waals surface area (Å²) in [4.78, 5) is 2.41. The number of rotatable bonds is 5. The fourth-order valence-electron chi connectivity index (χ4n) is 2.83. The second kappa shape index (κ2) is 7.07. The highest BCUT2D eigenvalue weighted by Gasteiger charge is 2.30. The number of nitrogens with zero attached hydrogens (tertiary/aromatic N) is 3. The molecule has 2 rings (SSSR count). The summed E-state index contributed by atoms with van der Waals surface area (Å²) in [7, 11) is 1.85. The minimum absolute atomic E-state index is 0.0203. The highest BCUT2D eigenvalue weighted by Crippen LogP contribution is 2.22. The first kappa shape index (κ1) is 16.7. The van der Waals surface area contributed by atoms with Crippen LogP contribution in [0.25, 0.3) is 0 Å². The zero-order chi connectivity index (χ0) is 15.6. The summed E-state index contributed by atoms with van der Waals surface area (Å²) in [5, 5.41) is 5.02. The average Bonchev–Trinajstić information content (AvgIpc) is 2.70. The van der Waals surface area contributed by atoms with Crippen LogP contribution < -0.4 is 11.3 Å². The number of aryl methyl sites for hydroxylation is 2. The van der Waals surface area contributed by atoms with E-state index in [4.69, 9.17) is 22.2 Å². The minimum atomic E-state index is 0.0203. The molecule has 1 fully saturated rings. The van der Waals surface area contributed by atoms with Crippen LogP contribution in [0.3, 0.4) is 0 Å². The van der Waals surface area contributed by atoms with Crippen molar-refractivity contribution in [1.82, 2.24) is 20.1 Å². The zero-order valence-corrected chi connectivity index (χ0v) is 14.0. The highest BCUT2D eigenvalue weighted by molar-refractivity contribution is 6.30. The Bertz CT molecular complexity index is 476. The lowest BCUT2D eigenvalue weighted by molar-refractivity contribution is -0.0552. The molecule has 0 radical (unpaired) electrons. The van der Waals surface area contributed by atoms with E-state index in [1.807, 2.05) is 14.0 Å². The summed E-state index contributed by atoms with van der Waals surface area (Å²) in [6.07, 6.45) is 0.771. The normalized spacial score (nSPS) is 22.0. The Kier molecular flexibility index (Phi) is 5.62. The monoisotopic (exact) mass is 315 g/mol. The van der Waals surface area contributed by atoms with Gasteiger partial charge in [-0.2, -0.15) is 5.10 Å². The lowest BCUT2D eigenvalue weighted by Gasteiger charge is -2.38. The van der Waals surface area contributed by atoms with E-state index < -0.39 is 0 Å². The Labute approximate surface area is 131 Å². The largest absolute Gasteiger partial charge is 0.374 e. The molecule has 0 aliphatic carbocycles. The Morgan fingerprint density at radius 1 is 1.52 bits per heavy atom. The molecular formula is C14H26ClN5O. The third-order valence-corrected chi connectivity index (χ3v) is 4.68. The maximum atomic E-state index is 6.31. The summed E-state index contributed by atoms with van der Waals surface area (Å²) in [6, 6.07) is 0.533. The van der Waals surface area contributed by atoms with Gasteiger partial charge in [-0.05, 0) is 27.2 Å².